The summed E-state index contributed by atoms with van der Waals surface area (Å²) >= 11 is 1.62. The molecule has 0 saturated carbocycles. The second kappa shape index (κ2) is 6.85. The monoisotopic (exact) mass is 235 g/mol. The standard InChI is InChI=1S/C10H13N5S/c1-8-3-4-10(16-8)9(7-11)13-5-2-6-14-15-12/h3-4,9,13H,2,5-6H2,1H3. The van der Waals surface area contributed by atoms with Gasteiger partial charge in [-0.05, 0) is 37.6 Å². The van der Waals surface area contributed by atoms with Crippen molar-refractivity contribution in [2.24, 2.45) is 5.11 Å². The van der Waals surface area contributed by atoms with Crippen molar-refractivity contribution in [2.45, 2.75) is 19.4 Å². The van der Waals surface area contributed by atoms with Crippen LogP contribution in [-0.2, 0) is 0 Å². The Morgan fingerprint density at radius 3 is 3.06 bits per heavy atom. The van der Waals surface area contributed by atoms with Crippen molar-refractivity contribution >= 4 is 11.3 Å². The zero-order valence-electron chi connectivity index (χ0n) is 9.05. The summed E-state index contributed by atoms with van der Waals surface area (Å²) in [6.07, 6.45) is 0.743. The predicted molar refractivity (Wildman–Crippen MR) is 64.0 cm³/mol. The van der Waals surface area contributed by atoms with E-state index in [0.29, 0.717) is 13.1 Å². The van der Waals surface area contributed by atoms with Crippen molar-refractivity contribution in [3.05, 3.63) is 32.3 Å². The van der Waals surface area contributed by atoms with Crippen LogP contribution >= 0.6 is 11.3 Å². The Bertz CT molecular complexity index is 413. The molecule has 1 heterocycles. The Hall–Kier alpha value is -1.54. The SMILES string of the molecule is Cc1ccc(C(C#N)NCCCN=[N+]=[N-])s1. The van der Waals surface area contributed by atoms with Crippen LogP contribution in [0.3, 0.4) is 0 Å². The molecule has 1 aromatic heterocycles. The molecule has 0 spiro atoms. The zero-order valence-corrected chi connectivity index (χ0v) is 9.87. The van der Waals surface area contributed by atoms with Crippen LogP contribution < -0.4 is 5.32 Å². The number of nitrogens with one attached hydrogen (secondary N) is 1. The highest BCUT2D eigenvalue weighted by molar-refractivity contribution is 7.12. The molecule has 0 fully saturated rings. The summed E-state index contributed by atoms with van der Waals surface area (Å²) in [5, 5.41) is 15.6. The van der Waals surface area contributed by atoms with Crippen molar-refractivity contribution in [1.29, 1.82) is 5.26 Å². The second-order valence-corrected chi connectivity index (χ2v) is 4.59. The summed E-state index contributed by atoms with van der Waals surface area (Å²) in [5.74, 6) is 0. The molecule has 0 amide bonds. The lowest BCUT2D eigenvalue weighted by molar-refractivity contribution is 0.613. The summed E-state index contributed by atoms with van der Waals surface area (Å²) in [7, 11) is 0. The molecule has 5 nitrogen and oxygen atoms in total. The maximum absolute atomic E-state index is 9.00. The third-order valence-corrected chi connectivity index (χ3v) is 3.09. The Balaban J connectivity index is 2.39. The largest absolute Gasteiger partial charge is 0.298 e. The van der Waals surface area contributed by atoms with E-state index in [4.69, 9.17) is 10.8 Å². The van der Waals surface area contributed by atoms with E-state index in [1.807, 2.05) is 19.1 Å². The highest BCUT2D eigenvalue weighted by atomic mass is 32.1. The van der Waals surface area contributed by atoms with E-state index >= 15 is 0 Å². The molecule has 1 unspecified atom stereocenters. The molecular formula is C10H13N5S. The molecule has 0 aliphatic carbocycles. The van der Waals surface area contributed by atoms with Crippen molar-refractivity contribution in [2.75, 3.05) is 13.1 Å². The van der Waals surface area contributed by atoms with Gasteiger partial charge in [0, 0.05) is 21.2 Å². The average molecular weight is 235 g/mol. The Morgan fingerprint density at radius 2 is 2.50 bits per heavy atom. The van der Waals surface area contributed by atoms with Crippen LogP contribution in [0.5, 0.6) is 0 Å². The van der Waals surface area contributed by atoms with Gasteiger partial charge in [-0.1, -0.05) is 5.11 Å². The van der Waals surface area contributed by atoms with Gasteiger partial charge in [-0.3, -0.25) is 5.32 Å². The predicted octanol–water partition coefficient (Wildman–Crippen LogP) is 2.91. The van der Waals surface area contributed by atoms with Gasteiger partial charge < -0.3 is 0 Å². The van der Waals surface area contributed by atoms with Gasteiger partial charge in [0.1, 0.15) is 6.04 Å². The second-order valence-electron chi connectivity index (χ2n) is 3.27. The number of nitrogens with zero attached hydrogens (tertiary/aromatic N) is 4. The molecule has 1 N–H and O–H groups in total. The average Bonchev–Trinajstić information content (AvgIpc) is 2.70. The fourth-order valence-corrected chi connectivity index (χ4v) is 2.16. The van der Waals surface area contributed by atoms with E-state index in [1.165, 1.54) is 4.88 Å². The fourth-order valence-electron chi connectivity index (χ4n) is 1.26. The van der Waals surface area contributed by atoms with E-state index < -0.39 is 0 Å². The molecule has 1 aromatic rings. The lowest BCUT2D eigenvalue weighted by Crippen LogP contribution is -2.20. The highest BCUT2D eigenvalue weighted by Crippen LogP contribution is 2.21. The van der Waals surface area contributed by atoms with Crippen LogP contribution in [-0.4, -0.2) is 13.1 Å². The smallest absolute Gasteiger partial charge is 0.130 e. The lowest BCUT2D eigenvalue weighted by atomic mass is 10.2. The van der Waals surface area contributed by atoms with Gasteiger partial charge in [-0.15, -0.1) is 11.3 Å². The number of azide groups is 1. The van der Waals surface area contributed by atoms with Crippen molar-refractivity contribution in [1.82, 2.24) is 5.32 Å². The van der Waals surface area contributed by atoms with E-state index in [0.717, 1.165) is 11.3 Å². The summed E-state index contributed by atoms with van der Waals surface area (Å²) in [6, 6.07) is 5.93. The maximum Gasteiger partial charge on any atom is 0.130 e. The van der Waals surface area contributed by atoms with Gasteiger partial charge in [0.2, 0.25) is 0 Å². The minimum Gasteiger partial charge on any atom is -0.298 e. The van der Waals surface area contributed by atoms with Gasteiger partial charge in [0.25, 0.3) is 0 Å². The lowest BCUT2D eigenvalue weighted by Gasteiger charge is -2.08. The van der Waals surface area contributed by atoms with E-state index in [9.17, 15) is 0 Å². The number of aryl methyl sites for hydroxylation is 1. The first-order chi connectivity index (χ1) is 7.77. The third-order valence-electron chi connectivity index (χ3n) is 2.02. The molecule has 1 atom stereocenters. The minimum absolute atomic E-state index is 0.259. The van der Waals surface area contributed by atoms with E-state index in [1.54, 1.807) is 11.3 Å². The van der Waals surface area contributed by atoms with Gasteiger partial charge >= 0.3 is 0 Å². The molecule has 0 aliphatic rings. The van der Waals surface area contributed by atoms with Crippen LogP contribution in [0.1, 0.15) is 22.2 Å². The van der Waals surface area contributed by atoms with Crippen molar-refractivity contribution in [3.63, 3.8) is 0 Å². The zero-order chi connectivity index (χ0) is 11.8. The van der Waals surface area contributed by atoms with Crippen molar-refractivity contribution < 1.29 is 0 Å². The number of thiophene rings is 1. The quantitative estimate of drug-likeness (QED) is 0.356. The molecular weight excluding hydrogens is 222 g/mol. The summed E-state index contributed by atoms with van der Waals surface area (Å²) < 4.78 is 0. The summed E-state index contributed by atoms with van der Waals surface area (Å²) in [6.45, 7) is 3.16. The Kier molecular flexibility index (Phi) is 5.37. The van der Waals surface area contributed by atoms with Gasteiger partial charge in [-0.2, -0.15) is 5.26 Å². The molecule has 0 aliphatic heterocycles. The molecule has 0 aromatic carbocycles. The molecule has 16 heavy (non-hydrogen) atoms. The van der Waals surface area contributed by atoms with Crippen molar-refractivity contribution in [3.8, 4) is 6.07 Å². The molecule has 0 radical (unpaired) electrons. The van der Waals surface area contributed by atoms with Crippen LogP contribution in [0.4, 0.5) is 0 Å². The number of hydrogen-bond donors (Lipinski definition) is 1. The topological polar surface area (TPSA) is 84.6 Å². The van der Waals surface area contributed by atoms with Gasteiger partial charge in [-0.25, -0.2) is 0 Å². The Morgan fingerprint density at radius 1 is 1.69 bits per heavy atom. The number of rotatable bonds is 6. The Labute approximate surface area is 98.3 Å². The molecule has 84 valence electrons. The van der Waals surface area contributed by atoms with Crippen LogP contribution in [0.25, 0.3) is 10.4 Å². The minimum atomic E-state index is -0.259. The maximum atomic E-state index is 9.00. The third kappa shape index (κ3) is 3.91. The summed E-state index contributed by atoms with van der Waals surface area (Å²) in [4.78, 5) is 4.90. The normalized spacial score (nSPS) is 11.5. The fraction of sp³-hybridized carbons (Fsp3) is 0.500. The van der Waals surface area contributed by atoms with E-state index in [-0.39, 0.29) is 6.04 Å². The highest BCUT2D eigenvalue weighted by Gasteiger charge is 2.10. The number of nitriles is 1. The molecule has 1 rings (SSSR count). The van der Waals surface area contributed by atoms with Crippen LogP contribution in [0.2, 0.25) is 0 Å². The molecule has 6 heteroatoms. The molecule has 0 saturated heterocycles. The number of hydrogen-bond acceptors (Lipinski definition) is 4. The molecule has 0 bridgehead atoms. The van der Waals surface area contributed by atoms with Crippen LogP contribution in [0, 0.1) is 18.3 Å². The van der Waals surface area contributed by atoms with Crippen LogP contribution in [0.15, 0.2) is 17.2 Å². The summed E-state index contributed by atoms with van der Waals surface area (Å²) in [5.41, 5.74) is 8.09. The van der Waals surface area contributed by atoms with Gasteiger partial charge in [0.15, 0.2) is 0 Å². The first-order valence-electron chi connectivity index (χ1n) is 4.98. The van der Waals surface area contributed by atoms with Gasteiger partial charge in [0.05, 0.1) is 6.07 Å². The first-order valence-corrected chi connectivity index (χ1v) is 5.79. The van der Waals surface area contributed by atoms with E-state index in [2.05, 4.69) is 21.4 Å². The first kappa shape index (κ1) is 12.5.